The summed E-state index contributed by atoms with van der Waals surface area (Å²) < 4.78 is 28.8. The first-order valence-electron chi connectivity index (χ1n) is 4.81. The molecule has 9 heteroatoms. The van der Waals surface area contributed by atoms with Crippen molar-refractivity contribution in [3.8, 4) is 0 Å². The standard InChI is InChI=1S/C9H9BrClN3O2S2/c1-14-9(7(11)4-12-14)18(15,16)13-5-8-6(10)2-3-17-8/h2-4,13H,5H2,1H3. The van der Waals surface area contributed by atoms with E-state index in [9.17, 15) is 8.42 Å². The maximum atomic E-state index is 12.1. The number of halogens is 2. The van der Waals surface area contributed by atoms with Crippen LogP contribution in [0.25, 0.3) is 0 Å². The second kappa shape index (κ2) is 5.30. The molecular weight excluding hydrogens is 362 g/mol. The van der Waals surface area contributed by atoms with Gasteiger partial charge in [-0.2, -0.15) is 5.10 Å². The number of sulfonamides is 1. The van der Waals surface area contributed by atoms with E-state index < -0.39 is 10.0 Å². The van der Waals surface area contributed by atoms with Gasteiger partial charge in [0.25, 0.3) is 10.0 Å². The highest BCUT2D eigenvalue weighted by atomic mass is 79.9. The Morgan fingerprint density at radius 1 is 1.61 bits per heavy atom. The largest absolute Gasteiger partial charge is 0.259 e. The van der Waals surface area contributed by atoms with Crippen molar-refractivity contribution in [2.45, 2.75) is 11.6 Å². The molecule has 0 aliphatic rings. The summed E-state index contributed by atoms with van der Waals surface area (Å²) in [6.07, 6.45) is 1.30. The molecule has 0 aliphatic heterocycles. The van der Waals surface area contributed by atoms with Gasteiger partial charge < -0.3 is 0 Å². The summed E-state index contributed by atoms with van der Waals surface area (Å²) >= 11 is 10.6. The van der Waals surface area contributed by atoms with E-state index in [2.05, 4.69) is 25.8 Å². The van der Waals surface area contributed by atoms with Crippen LogP contribution in [0.5, 0.6) is 0 Å². The zero-order valence-electron chi connectivity index (χ0n) is 9.22. The van der Waals surface area contributed by atoms with Gasteiger partial charge in [-0.3, -0.25) is 4.68 Å². The lowest BCUT2D eigenvalue weighted by Crippen LogP contribution is -2.25. The molecular formula is C9H9BrClN3O2S2. The topological polar surface area (TPSA) is 64.0 Å². The van der Waals surface area contributed by atoms with Crippen LogP contribution in [0.1, 0.15) is 4.88 Å². The van der Waals surface area contributed by atoms with E-state index in [1.807, 2.05) is 11.4 Å². The average molecular weight is 371 g/mol. The fourth-order valence-electron chi connectivity index (χ4n) is 1.38. The lowest BCUT2D eigenvalue weighted by molar-refractivity contribution is 0.563. The van der Waals surface area contributed by atoms with Crippen LogP contribution in [0.3, 0.4) is 0 Å². The lowest BCUT2D eigenvalue weighted by Gasteiger charge is -2.06. The molecule has 0 aromatic carbocycles. The summed E-state index contributed by atoms with van der Waals surface area (Å²) in [6.45, 7) is 0.210. The molecule has 0 aliphatic carbocycles. The van der Waals surface area contributed by atoms with Crippen molar-refractivity contribution in [1.82, 2.24) is 14.5 Å². The quantitative estimate of drug-likeness (QED) is 0.898. The minimum atomic E-state index is -3.67. The summed E-state index contributed by atoms with van der Waals surface area (Å²) in [4.78, 5) is 0.900. The fraction of sp³-hybridized carbons (Fsp3) is 0.222. The van der Waals surface area contributed by atoms with Crippen molar-refractivity contribution >= 4 is 48.9 Å². The minimum absolute atomic E-state index is 0.0307. The Kier molecular flexibility index (Phi) is 4.12. The van der Waals surface area contributed by atoms with Gasteiger partial charge in [-0.05, 0) is 27.4 Å². The number of nitrogens with one attached hydrogen (secondary N) is 1. The molecule has 98 valence electrons. The zero-order chi connectivity index (χ0) is 13.3. The molecule has 2 aromatic rings. The Labute approximate surface area is 122 Å². The van der Waals surface area contributed by atoms with Crippen LogP contribution < -0.4 is 4.72 Å². The summed E-state index contributed by atoms with van der Waals surface area (Å²) in [5, 5.41) is 5.76. The molecule has 0 fully saturated rings. The van der Waals surface area contributed by atoms with Gasteiger partial charge >= 0.3 is 0 Å². The predicted molar refractivity (Wildman–Crippen MR) is 74.3 cm³/mol. The van der Waals surface area contributed by atoms with E-state index in [4.69, 9.17) is 11.6 Å². The van der Waals surface area contributed by atoms with Crippen molar-refractivity contribution in [3.05, 3.63) is 32.0 Å². The molecule has 2 aromatic heterocycles. The monoisotopic (exact) mass is 369 g/mol. The van der Waals surface area contributed by atoms with E-state index in [0.717, 1.165) is 9.35 Å². The number of rotatable bonds is 4. The van der Waals surface area contributed by atoms with Crippen molar-refractivity contribution in [2.75, 3.05) is 0 Å². The highest BCUT2D eigenvalue weighted by Crippen LogP contribution is 2.24. The first kappa shape index (κ1) is 14.0. The molecule has 5 nitrogen and oxygen atoms in total. The van der Waals surface area contributed by atoms with E-state index in [1.54, 1.807) is 0 Å². The number of thiophene rings is 1. The maximum absolute atomic E-state index is 12.1. The molecule has 0 saturated carbocycles. The summed E-state index contributed by atoms with van der Waals surface area (Å²) in [5.41, 5.74) is 0. The van der Waals surface area contributed by atoms with Gasteiger partial charge in [-0.1, -0.05) is 11.6 Å². The lowest BCUT2D eigenvalue weighted by atomic mass is 10.5. The normalized spacial score (nSPS) is 11.9. The van der Waals surface area contributed by atoms with Gasteiger partial charge in [0.05, 0.1) is 11.2 Å². The Morgan fingerprint density at radius 2 is 2.33 bits per heavy atom. The van der Waals surface area contributed by atoms with E-state index in [0.29, 0.717) is 0 Å². The fourth-order valence-corrected chi connectivity index (χ4v) is 4.55. The van der Waals surface area contributed by atoms with Gasteiger partial charge in [0.15, 0.2) is 5.03 Å². The summed E-state index contributed by atoms with van der Waals surface area (Å²) in [5.74, 6) is 0. The molecule has 0 atom stereocenters. The van der Waals surface area contributed by atoms with Crippen LogP contribution in [-0.4, -0.2) is 18.2 Å². The number of nitrogens with zero attached hydrogens (tertiary/aromatic N) is 2. The molecule has 0 unspecified atom stereocenters. The van der Waals surface area contributed by atoms with Crippen molar-refractivity contribution in [3.63, 3.8) is 0 Å². The highest BCUT2D eigenvalue weighted by Gasteiger charge is 2.22. The van der Waals surface area contributed by atoms with Crippen molar-refractivity contribution in [2.24, 2.45) is 7.05 Å². The number of aryl methyl sites for hydroxylation is 1. The SMILES string of the molecule is Cn1ncc(Cl)c1S(=O)(=O)NCc1sccc1Br. The van der Waals surface area contributed by atoms with Crippen LogP contribution >= 0.6 is 38.9 Å². The van der Waals surface area contributed by atoms with E-state index >= 15 is 0 Å². The van der Waals surface area contributed by atoms with Crippen molar-refractivity contribution < 1.29 is 8.42 Å². The molecule has 0 spiro atoms. The third kappa shape index (κ3) is 2.77. The second-order valence-corrected chi connectivity index (χ2v) is 7.38. The van der Waals surface area contributed by atoms with Crippen LogP contribution in [0.2, 0.25) is 5.02 Å². The molecule has 0 radical (unpaired) electrons. The van der Waals surface area contributed by atoms with Crippen LogP contribution in [0.4, 0.5) is 0 Å². The average Bonchev–Trinajstić information content (AvgIpc) is 2.83. The molecule has 0 bridgehead atoms. The van der Waals surface area contributed by atoms with Gasteiger partial charge in [0.2, 0.25) is 0 Å². The molecule has 18 heavy (non-hydrogen) atoms. The zero-order valence-corrected chi connectivity index (χ0v) is 13.2. The van der Waals surface area contributed by atoms with Gasteiger partial charge in [-0.15, -0.1) is 11.3 Å². The third-order valence-electron chi connectivity index (χ3n) is 2.21. The van der Waals surface area contributed by atoms with Gasteiger partial charge in [0, 0.05) is 22.9 Å². The highest BCUT2D eigenvalue weighted by molar-refractivity contribution is 9.10. The van der Waals surface area contributed by atoms with Crippen molar-refractivity contribution in [1.29, 1.82) is 0 Å². The van der Waals surface area contributed by atoms with Crippen LogP contribution in [0, 0.1) is 0 Å². The summed E-state index contributed by atoms with van der Waals surface area (Å²) in [7, 11) is -2.14. The minimum Gasteiger partial charge on any atom is -0.255 e. The molecule has 2 heterocycles. The van der Waals surface area contributed by atoms with Crippen LogP contribution in [-0.2, 0) is 23.6 Å². The Bertz CT molecular complexity index is 646. The van der Waals surface area contributed by atoms with E-state index in [-0.39, 0.29) is 16.6 Å². The Balaban J connectivity index is 2.21. The number of hydrogen-bond acceptors (Lipinski definition) is 4. The van der Waals surface area contributed by atoms with Gasteiger partial charge in [0.1, 0.15) is 0 Å². The van der Waals surface area contributed by atoms with Gasteiger partial charge in [-0.25, -0.2) is 13.1 Å². The Hall–Kier alpha value is -0.410. The van der Waals surface area contributed by atoms with E-state index in [1.165, 1.54) is 29.3 Å². The molecule has 0 amide bonds. The first-order chi connectivity index (χ1) is 8.42. The predicted octanol–water partition coefficient (Wildman–Crippen LogP) is 2.38. The number of aromatic nitrogens is 2. The smallest absolute Gasteiger partial charge is 0.255 e. The molecule has 1 N–H and O–H groups in total. The maximum Gasteiger partial charge on any atom is 0.259 e. The molecule has 2 rings (SSSR count). The Morgan fingerprint density at radius 3 is 2.83 bits per heavy atom. The second-order valence-electron chi connectivity index (χ2n) is 3.44. The third-order valence-corrected chi connectivity index (χ3v) is 6.04. The summed E-state index contributed by atoms with van der Waals surface area (Å²) in [6, 6.07) is 1.87. The first-order valence-corrected chi connectivity index (χ1v) is 8.34. The van der Waals surface area contributed by atoms with Crippen LogP contribution in [0.15, 0.2) is 27.1 Å². The number of hydrogen-bond donors (Lipinski definition) is 1. The molecule has 0 saturated heterocycles.